The summed E-state index contributed by atoms with van der Waals surface area (Å²) in [7, 11) is 5.77. The number of benzene rings is 2. The van der Waals surface area contributed by atoms with Crippen LogP contribution in [-0.2, 0) is 24.4 Å². The maximum atomic E-state index is 14.3. The SMILES string of the molecule is CN(C)[C@@H]1CCN(CC(=O)Cc2cc(Oc3ccc4c(c3)nc(Nc3cc(C(F)(F)F)ccc3F)n4C)ccn2)C1. The highest BCUT2D eigenvalue weighted by Gasteiger charge is 2.31. The molecule has 1 N–H and O–H groups in total. The summed E-state index contributed by atoms with van der Waals surface area (Å²) < 4.78 is 61.2. The largest absolute Gasteiger partial charge is 0.457 e. The van der Waals surface area contributed by atoms with E-state index in [9.17, 15) is 22.4 Å². The molecule has 8 nitrogen and oxygen atoms in total. The van der Waals surface area contributed by atoms with Crippen LogP contribution in [-0.4, -0.2) is 69.9 Å². The van der Waals surface area contributed by atoms with E-state index < -0.39 is 17.6 Å². The van der Waals surface area contributed by atoms with Gasteiger partial charge in [-0.25, -0.2) is 9.37 Å². The molecule has 0 radical (unpaired) electrons. The van der Waals surface area contributed by atoms with E-state index in [1.54, 1.807) is 48.1 Å². The highest BCUT2D eigenvalue weighted by atomic mass is 19.4. The molecule has 216 valence electrons. The van der Waals surface area contributed by atoms with E-state index in [4.69, 9.17) is 4.74 Å². The average molecular weight is 571 g/mol. The van der Waals surface area contributed by atoms with Gasteiger partial charge in [0.15, 0.2) is 5.78 Å². The van der Waals surface area contributed by atoms with E-state index >= 15 is 0 Å². The third kappa shape index (κ3) is 6.66. The van der Waals surface area contributed by atoms with E-state index in [0.717, 1.165) is 25.6 Å². The number of ketones is 1. The standard InChI is InChI=1S/C29H30F4N6O2/c1-37(2)20-9-11-39(16-20)17-21(40)13-19-14-23(8-10-34-19)41-22-5-7-27-26(15-22)36-28(38(27)3)35-25-12-18(29(31,32)33)4-6-24(25)30/h4-8,10,12,14-15,20H,9,11,13,16-17H2,1-3H3,(H,35,36)/t20-/m1/s1. The highest BCUT2D eigenvalue weighted by Crippen LogP contribution is 2.33. The summed E-state index contributed by atoms with van der Waals surface area (Å²) in [5.41, 5.74) is 0.445. The quantitative estimate of drug-likeness (QED) is 0.270. The normalized spacial score (nSPS) is 16.0. The molecule has 1 saturated heterocycles. The zero-order valence-corrected chi connectivity index (χ0v) is 22.9. The minimum Gasteiger partial charge on any atom is -0.457 e. The second kappa shape index (κ2) is 11.5. The summed E-state index contributed by atoms with van der Waals surface area (Å²) in [4.78, 5) is 25.8. The number of hydrogen-bond acceptors (Lipinski definition) is 7. The van der Waals surface area contributed by atoms with Gasteiger partial charge in [-0.1, -0.05) is 0 Å². The first-order chi connectivity index (χ1) is 19.5. The van der Waals surface area contributed by atoms with Crippen molar-refractivity contribution in [2.45, 2.75) is 25.1 Å². The molecular formula is C29H30F4N6O2. The van der Waals surface area contributed by atoms with Gasteiger partial charge in [-0.15, -0.1) is 0 Å². The smallest absolute Gasteiger partial charge is 0.416 e. The van der Waals surface area contributed by atoms with Crippen molar-refractivity contribution in [2.24, 2.45) is 7.05 Å². The van der Waals surface area contributed by atoms with Crippen molar-refractivity contribution in [3.8, 4) is 11.5 Å². The number of rotatable bonds is 9. The van der Waals surface area contributed by atoms with E-state index in [-0.39, 0.29) is 23.8 Å². The van der Waals surface area contributed by atoms with Gasteiger partial charge in [-0.3, -0.25) is 14.7 Å². The van der Waals surface area contributed by atoms with Crippen LogP contribution < -0.4 is 10.1 Å². The van der Waals surface area contributed by atoms with Crippen LogP contribution in [0.4, 0.5) is 29.2 Å². The molecule has 4 aromatic rings. The third-order valence-electron chi connectivity index (χ3n) is 7.17. The van der Waals surface area contributed by atoms with Crippen LogP contribution >= 0.6 is 0 Å². The number of carbonyl (C=O) groups excluding carboxylic acids is 1. The number of fused-ring (bicyclic) bond motifs is 1. The van der Waals surface area contributed by atoms with Crippen molar-refractivity contribution in [1.82, 2.24) is 24.3 Å². The van der Waals surface area contributed by atoms with Crippen LogP contribution in [0.3, 0.4) is 0 Å². The van der Waals surface area contributed by atoms with Crippen molar-refractivity contribution in [3.05, 3.63) is 71.8 Å². The zero-order chi connectivity index (χ0) is 29.3. The topological polar surface area (TPSA) is 75.5 Å². The van der Waals surface area contributed by atoms with Crippen LogP contribution in [0.2, 0.25) is 0 Å². The summed E-state index contributed by atoms with van der Waals surface area (Å²) >= 11 is 0. The van der Waals surface area contributed by atoms with Gasteiger partial charge in [-0.05, 0) is 56.9 Å². The molecular weight excluding hydrogens is 540 g/mol. The number of imidazole rings is 1. The van der Waals surface area contributed by atoms with Crippen LogP contribution in [0.1, 0.15) is 17.7 Å². The summed E-state index contributed by atoms with van der Waals surface area (Å²) in [5.74, 6) is 0.370. The number of pyridine rings is 1. The van der Waals surface area contributed by atoms with E-state index in [2.05, 4.69) is 39.2 Å². The van der Waals surface area contributed by atoms with Crippen molar-refractivity contribution in [1.29, 1.82) is 0 Å². The number of ether oxygens (including phenoxy) is 1. The van der Waals surface area contributed by atoms with Gasteiger partial charge in [0.25, 0.3) is 0 Å². The Balaban J connectivity index is 1.27. The monoisotopic (exact) mass is 570 g/mol. The number of likely N-dealkylation sites (N-methyl/N-ethyl adjacent to an activating group) is 1. The second-order valence-corrected chi connectivity index (χ2v) is 10.4. The molecule has 0 spiro atoms. The number of anilines is 2. The molecule has 1 atom stereocenters. The van der Waals surface area contributed by atoms with Crippen LogP contribution in [0.15, 0.2) is 54.7 Å². The first-order valence-corrected chi connectivity index (χ1v) is 13.1. The van der Waals surface area contributed by atoms with Crippen molar-refractivity contribution in [3.63, 3.8) is 0 Å². The Morgan fingerprint density at radius 2 is 1.90 bits per heavy atom. The Bertz CT molecular complexity index is 1570. The molecule has 1 aliphatic heterocycles. The average Bonchev–Trinajstić information content (AvgIpc) is 3.49. The summed E-state index contributed by atoms with van der Waals surface area (Å²) in [6.07, 6.45) is -1.78. The molecule has 12 heteroatoms. The fraction of sp³-hybridized carbons (Fsp3) is 0.345. The number of alkyl halides is 3. The molecule has 41 heavy (non-hydrogen) atoms. The van der Waals surface area contributed by atoms with Gasteiger partial charge in [0.1, 0.15) is 17.3 Å². The Hall–Kier alpha value is -4.03. The number of halogens is 4. The molecule has 0 saturated carbocycles. The molecule has 5 rings (SSSR count). The molecule has 0 unspecified atom stereocenters. The number of nitrogens with zero attached hydrogens (tertiary/aromatic N) is 5. The molecule has 1 fully saturated rings. The lowest BCUT2D eigenvalue weighted by molar-refractivity contribution is -0.137. The van der Waals surface area contributed by atoms with Crippen molar-refractivity contribution >= 4 is 28.5 Å². The molecule has 0 amide bonds. The van der Waals surface area contributed by atoms with Gasteiger partial charge in [-0.2, -0.15) is 13.2 Å². The molecule has 2 aromatic heterocycles. The number of likely N-dealkylation sites (tertiary alicyclic amines) is 1. The summed E-state index contributed by atoms with van der Waals surface area (Å²) in [5, 5.41) is 2.66. The maximum absolute atomic E-state index is 14.3. The summed E-state index contributed by atoms with van der Waals surface area (Å²) in [6.45, 7) is 2.15. The fourth-order valence-corrected chi connectivity index (χ4v) is 4.91. The van der Waals surface area contributed by atoms with Gasteiger partial charge in [0.05, 0.1) is 40.9 Å². The first kappa shape index (κ1) is 28.5. The fourth-order valence-electron chi connectivity index (χ4n) is 4.91. The number of Topliss-reactive ketones (excluding diaryl/α,β-unsaturated/α-hetero) is 1. The Labute approximate surface area is 234 Å². The minimum absolute atomic E-state index is 0.0844. The van der Waals surface area contributed by atoms with Gasteiger partial charge in [0, 0.05) is 44.5 Å². The first-order valence-electron chi connectivity index (χ1n) is 13.1. The third-order valence-corrected chi connectivity index (χ3v) is 7.17. The number of carbonyl (C=O) groups is 1. The molecule has 0 bridgehead atoms. The van der Waals surface area contributed by atoms with Gasteiger partial charge < -0.3 is 19.5 Å². The highest BCUT2D eigenvalue weighted by molar-refractivity contribution is 5.83. The van der Waals surface area contributed by atoms with Crippen molar-refractivity contribution < 1.29 is 27.1 Å². The van der Waals surface area contributed by atoms with Crippen molar-refractivity contribution in [2.75, 3.05) is 39.0 Å². The zero-order valence-electron chi connectivity index (χ0n) is 22.9. The predicted molar refractivity (Wildman–Crippen MR) is 147 cm³/mol. The number of hydrogen-bond donors (Lipinski definition) is 1. The lowest BCUT2D eigenvalue weighted by atomic mass is 10.2. The maximum Gasteiger partial charge on any atom is 0.416 e. The molecule has 2 aromatic carbocycles. The molecule has 3 heterocycles. The lowest BCUT2D eigenvalue weighted by Gasteiger charge is -2.19. The number of aryl methyl sites for hydroxylation is 1. The van der Waals surface area contributed by atoms with Gasteiger partial charge >= 0.3 is 6.18 Å². The van der Waals surface area contributed by atoms with Crippen LogP contribution in [0, 0.1) is 5.82 Å². The van der Waals surface area contributed by atoms with Gasteiger partial charge in [0.2, 0.25) is 5.95 Å². The molecule has 1 aliphatic rings. The molecule has 0 aliphatic carbocycles. The van der Waals surface area contributed by atoms with E-state index in [1.807, 2.05) is 0 Å². The second-order valence-electron chi connectivity index (χ2n) is 10.4. The summed E-state index contributed by atoms with van der Waals surface area (Å²) in [6, 6.07) is 11.2. The number of nitrogens with one attached hydrogen (secondary N) is 1. The lowest BCUT2D eigenvalue weighted by Crippen LogP contribution is -2.34. The predicted octanol–water partition coefficient (Wildman–Crippen LogP) is 5.41. The Morgan fingerprint density at radius 3 is 2.63 bits per heavy atom. The van der Waals surface area contributed by atoms with Crippen LogP contribution in [0.5, 0.6) is 11.5 Å². The number of aromatic nitrogens is 3. The Morgan fingerprint density at radius 1 is 1.12 bits per heavy atom. The Kier molecular flexibility index (Phi) is 7.96. The van der Waals surface area contributed by atoms with Crippen LogP contribution in [0.25, 0.3) is 11.0 Å². The van der Waals surface area contributed by atoms with E-state index in [0.29, 0.717) is 52.9 Å². The van der Waals surface area contributed by atoms with E-state index in [1.165, 1.54) is 0 Å². The minimum atomic E-state index is -4.60.